The summed E-state index contributed by atoms with van der Waals surface area (Å²) in [5.41, 5.74) is 0.837. The summed E-state index contributed by atoms with van der Waals surface area (Å²) in [5.74, 6) is -0.410. The highest BCUT2D eigenvalue weighted by atomic mass is 35.5. The van der Waals surface area contributed by atoms with E-state index in [2.05, 4.69) is 5.32 Å². The molecule has 11 heteroatoms. The Hall–Kier alpha value is -3.27. The van der Waals surface area contributed by atoms with Crippen LogP contribution in [0.2, 0.25) is 10.0 Å². The van der Waals surface area contributed by atoms with Crippen molar-refractivity contribution < 1.29 is 22.7 Å². The molecule has 0 fully saturated rings. The van der Waals surface area contributed by atoms with Gasteiger partial charge in [-0.25, -0.2) is 8.42 Å². The van der Waals surface area contributed by atoms with E-state index in [0.29, 0.717) is 34.3 Å². The summed E-state index contributed by atoms with van der Waals surface area (Å²) in [6.07, 6.45) is 1.04. The number of carbonyl (C=O) groups excluding carboxylic acids is 2. The van der Waals surface area contributed by atoms with Gasteiger partial charge < -0.3 is 15.0 Å². The van der Waals surface area contributed by atoms with E-state index in [-0.39, 0.29) is 23.0 Å². The Morgan fingerprint density at radius 2 is 1.68 bits per heavy atom. The van der Waals surface area contributed by atoms with Crippen LogP contribution in [0.1, 0.15) is 32.3 Å². The first-order valence-electron chi connectivity index (χ1n) is 12.8. The number of nitrogens with zero attached hydrogens (tertiary/aromatic N) is 2. The van der Waals surface area contributed by atoms with Crippen LogP contribution in [0.3, 0.4) is 0 Å². The second-order valence-electron chi connectivity index (χ2n) is 9.00. The van der Waals surface area contributed by atoms with Crippen molar-refractivity contribution in [2.24, 2.45) is 0 Å². The van der Waals surface area contributed by atoms with Gasteiger partial charge in [0.1, 0.15) is 18.3 Å². The highest BCUT2D eigenvalue weighted by Crippen LogP contribution is 2.28. The fourth-order valence-electron chi connectivity index (χ4n) is 4.13. The van der Waals surface area contributed by atoms with Crippen LogP contribution in [-0.2, 0) is 26.2 Å². The Bertz CT molecular complexity index is 1420. The molecule has 0 spiro atoms. The fraction of sp³-hybridized carbons (Fsp3) is 0.310. The maximum atomic E-state index is 14.0. The third-order valence-corrected chi connectivity index (χ3v) is 8.65. The van der Waals surface area contributed by atoms with Crippen molar-refractivity contribution >= 4 is 50.7 Å². The number of carbonyl (C=O) groups is 2. The summed E-state index contributed by atoms with van der Waals surface area (Å²) in [6, 6.07) is 18.3. The van der Waals surface area contributed by atoms with Gasteiger partial charge in [-0.3, -0.25) is 13.9 Å². The minimum Gasteiger partial charge on any atom is -0.497 e. The molecule has 0 aliphatic carbocycles. The number of sulfonamides is 1. The zero-order valence-electron chi connectivity index (χ0n) is 22.6. The summed E-state index contributed by atoms with van der Waals surface area (Å²) in [6.45, 7) is 3.62. The van der Waals surface area contributed by atoms with Crippen molar-refractivity contribution in [3.63, 3.8) is 0 Å². The molecule has 0 aliphatic heterocycles. The van der Waals surface area contributed by atoms with Gasteiger partial charge in [-0.2, -0.15) is 0 Å². The molecule has 0 radical (unpaired) electrons. The van der Waals surface area contributed by atoms with Crippen molar-refractivity contribution in [1.29, 1.82) is 0 Å². The molecule has 3 aromatic rings. The Kier molecular flexibility index (Phi) is 11.2. The van der Waals surface area contributed by atoms with E-state index in [0.717, 1.165) is 10.7 Å². The number of benzene rings is 3. The van der Waals surface area contributed by atoms with E-state index in [9.17, 15) is 18.0 Å². The zero-order valence-corrected chi connectivity index (χ0v) is 25.0. The van der Waals surface area contributed by atoms with Gasteiger partial charge in [-0.05, 0) is 66.9 Å². The molecule has 40 heavy (non-hydrogen) atoms. The average molecular weight is 607 g/mol. The molecule has 2 amide bonds. The monoisotopic (exact) mass is 605 g/mol. The minimum atomic E-state index is -4.23. The highest BCUT2D eigenvalue weighted by molar-refractivity contribution is 7.92. The molecule has 0 heterocycles. The van der Waals surface area contributed by atoms with Crippen LogP contribution in [0, 0.1) is 0 Å². The molecular formula is C29H33Cl2N3O5S. The lowest BCUT2D eigenvalue weighted by Crippen LogP contribution is -2.52. The minimum absolute atomic E-state index is 0.0164. The third-order valence-electron chi connectivity index (χ3n) is 6.26. The first-order chi connectivity index (χ1) is 19.1. The number of halogens is 2. The highest BCUT2D eigenvalue weighted by Gasteiger charge is 2.34. The zero-order chi connectivity index (χ0) is 29.3. The summed E-state index contributed by atoms with van der Waals surface area (Å²) in [7, 11) is -2.75. The van der Waals surface area contributed by atoms with Crippen LogP contribution in [-0.4, -0.2) is 51.4 Å². The van der Waals surface area contributed by atoms with Gasteiger partial charge in [-0.15, -0.1) is 0 Å². The third kappa shape index (κ3) is 7.68. The first kappa shape index (κ1) is 31.3. The molecule has 0 aliphatic rings. The number of ether oxygens (including phenoxy) is 1. The van der Waals surface area contributed by atoms with Crippen LogP contribution in [0.4, 0.5) is 5.69 Å². The van der Waals surface area contributed by atoms with Gasteiger partial charge in [0.2, 0.25) is 11.8 Å². The number of anilines is 1. The molecule has 0 aromatic heterocycles. The SMILES string of the molecule is CCCNC(=O)C(CC)N(Cc1ccccc1Cl)C(=O)CN(c1cccc(Cl)c1)S(=O)(=O)c1ccc(OC)cc1. The molecular weight excluding hydrogens is 573 g/mol. The Labute approximate surface area is 245 Å². The lowest BCUT2D eigenvalue weighted by Gasteiger charge is -2.33. The number of methoxy groups -OCH3 is 1. The van der Waals surface area contributed by atoms with E-state index in [1.54, 1.807) is 49.4 Å². The molecule has 0 bridgehead atoms. The van der Waals surface area contributed by atoms with E-state index >= 15 is 0 Å². The Balaban J connectivity index is 2.06. The summed E-state index contributed by atoms with van der Waals surface area (Å²) >= 11 is 12.6. The molecule has 1 unspecified atom stereocenters. The van der Waals surface area contributed by atoms with Gasteiger partial charge >= 0.3 is 0 Å². The number of amides is 2. The van der Waals surface area contributed by atoms with E-state index < -0.39 is 28.5 Å². The second-order valence-corrected chi connectivity index (χ2v) is 11.7. The summed E-state index contributed by atoms with van der Waals surface area (Å²) in [5, 5.41) is 3.59. The summed E-state index contributed by atoms with van der Waals surface area (Å²) < 4.78 is 34.0. The van der Waals surface area contributed by atoms with Crippen LogP contribution in [0.25, 0.3) is 0 Å². The molecule has 3 aromatic carbocycles. The first-order valence-corrected chi connectivity index (χ1v) is 15.0. The molecule has 1 atom stereocenters. The van der Waals surface area contributed by atoms with E-state index in [4.69, 9.17) is 27.9 Å². The Morgan fingerprint density at radius 1 is 0.975 bits per heavy atom. The van der Waals surface area contributed by atoms with Crippen molar-refractivity contribution in [3.05, 3.63) is 88.4 Å². The van der Waals surface area contributed by atoms with Gasteiger partial charge in [0.25, 0.3) is 10.0 Å². The van der Waals surface area contributed by atoms with Crippen LogP contribution >= 0.6 is 23.2 Å². The second kappa shape index (κ2) is 14.4. The average Bonchev–Trinajstić information content (AvgIpc) is 2.95. The van der Waals surface area contributed by atoms with E-state index in [1.807, 2.05) is 6.92 Å². The number of hydrogen-bond donors (Lipinski definition) is 1. The van der Waals surface area contributed by atoms with Crippen molar-refractivity contribution in [1.82, 2.24) is 10.2 Å². The Morgan fingerprint density at radius 3 is 2.27 bits per heavy atom. The number of hydrogen-bond acceptors (Lipinski definition) is 5. The maximum Gasteiger partial charge on any atom is 0.264 e. The largest absolute Gasteiger partial charge is 0.497 e. The van der Waals surface area contributed by atoms with Crippen molar-refractivity contribution in [2.75, 3.05) is 24.5 Å². The predicted octanol–water partition coefficient (Wildman–Crippen LogP) is 5.53. The molecule has 0 saturated carbocycles. The molecule has 3 rings (SSSR count). The van der Waals surface area contributed by atoms with Crippen molar-refractivity contribution in [3.8, 4) is 5.75 Å². The van der Waals surface area contributed by atoms with Crippen LogP contribution < -0.4 is 14.4 Å². The molecule has 214 valence electrons. The lowest BCUT2D eigenvalue weighted by atomic mass is 10.1. The summed E-state index contributed by atoms with van der Waals surface area (Å²) in [4.78, 5) is 28.5. The van der Waals surface area contributed by atoms with Gasteiger partial charge in [-0.1, -0.05) is 61.3 Å². The van der Waals surface area contributed by atoms with Crippen molar-refractivity contribution in [2.45, 2.75) is 44.2 Å². The molecule has 8 nitrogen and oxygen atoms in total. The normalized spacial score (nSPS) is 11.9. The predicted molar refractivity (Wildman–Crippen MR) is 158 cm³/mol. The number of nitrogens with one attached hydrogen (secondary N) is 1. The van der Waals surface area contributed by atoms with Crippen LogP contribution in [0.15, 0.2) is 77.7 Å². The maximum absolute atomic E-state index is 14.0. The topological polar surface area (TPSA) is 96.0 Å². The molecule has 0 saturated heterocycles. The fourth-order valence-corrected chi connectivity index (χ4v) is 5.92. The number of rotatable bonds is 13. The van der Waals surface area contributed by atoms with Crippen LogP contribution in [0.5, 0.6) is 5.75 Å². The lowest BCUT2D eigenvalue weighted by molar-refractivity contribution is -0.140. The van der Waals surface area contributed by atoms with Gasteiger partial charge in [0, 0.05) is 23.1 Å². The molecule has 1 N–H and O–H groups in total. The standard InChI is InChI=1S/C29H33Cl2N3O5S/c1-4-17-32-29(36)27(5-2)33(19-21-9-6-7-12-26(21)31)28(35)20-34(23-11-8-10-22(30)18-23)40(37,38)25-15-13-24(39-3)14-16-25/h6-16,18,27H,4-5,17,19-20H2,1-3H3,(H,32,36). The smallest absolute Gasteiger partial charge is 0.264 e. The van der Waals surface area contributed by atoms with Gasteiger partial charge in [0.05, 0.1) is 17.7 Å². The quantitative estimate of drug-likeness (QED) is 0.276. The van der Waals surface area contributed by atoms with E-state index in [1.165, 1.54) is 42.3 Å². The van der Waals surface area contributed by atoms with Gasteiger partial charge in [0.15, 0.2) is 0 Å².